The van der Waals surface area contributed by atoms with Crippen molar-refractivity contribution in [3.05, 3.63) is 11.1 Å². The first-order valence-corrected chi connectivity index (χ1v) is 6.46. The number of nitrogens with two attached hydrogens (primary N) is 1. The third-order valence-electron chi connectivity index (χ3n) is 2.63. The fourth-order valence-corrected chi connectivity index (χ4v) is 1.98. The lowest BCUT2D eigenvalue weighted by Crippen LogP contribution is -2.40. The lowest BCUT2D eigenvalue weighted by Gasteiger charge is -2.16. The Morgan fingerprint density at radius 1 is 1.67 bits per heavy atom. The summed E-state index contributed by atoms with van der Waals surface area (Å²) in [6.45, 7) is 4.42. The van der Waals surface area contributed by atoms with E-state index in [1.807, 2.05) is 19.2 Å². The van der Waals surface area contributed by atoms with Crippen LogP contribution in [0.1, 0.15) is 26.0 Å². The highest BCUT2D eigenvalue weighted by atomic mass is 35.5. The SMILES string of the molecule is CCC(C)C(N)C(=O)Nc1nc(COC)cs1.Cl. The van der Waals surface area contributed by atoms with Crippen LogP contribution in [0.25, 0.3) is 0 Å². The Hall–Kier alpha value is -0.690. The van der Waals surface area contributed by atoms with E-state index in [0.29, 0.717) is 11.7 Å². The second-order valence-corrected chi connectivity index (χ2v) is 4.84. The van der Waals surface area contributed by atoms with Crippen LogP contribution in [0.3, 0.4) is 0 Å². The first-order chi connectivity index (χ1) is 8.08. The number of halogens is 1. The molecule has 2 unspecified atom stereocenters. The molecule has 0 aliphatic heterocycles. The Bertz CT molecular complexity index is 373. The molecule has 0 saturated heterocycles. The Morgan fingerprint density at radius 3 is 2.89 bits per heavy atom. The van der Waals surface area contributed by atoms with E-state index in [9.17, 15) is 4.79 Å². The highest BCUT2D eigenvalue weighted by Gasteiger charge is 2.20. The van der Waals surface area contributed by atoms with Crippen molar-refractivity contribution >= 4 is 34.8 Å². The number of methoxy groups -OCH3 is 1. The molecule has 3 N–H and O–H groups in total. The van der Waals surface area contributed by atoms with Crippen LogP contribution in [0.2, 0.25) is 0 Å². The Morgan fingerprint density at radius 2 is 2.33 bits per heavy atom. The number of hydrogen-bond acceptors (Lipinski definition) is 5. The summed E-state index contributed by atoms with van der Waals surface area (Å²) in [5.74, 6) is -0.0222. The summed E-state index contributed by atoms with van der Waals surface area (Å²) in [7, 11) is 1.61. The molecule has 104 valence electrons. The van der Waals surface area contributed by atoms with E-state index < -0.39 is 6.04 Å². The minimum Gasteiger partial charge on any atom is -0.378 e. The summed E-state index contributed by atoms with van der Waals surface area (Å²) in [6.07, 6.45) is 0.876. The molecule has 7 heteroatoms. The minimum absolute atomic E-state index is 0. The standard InChI is InChI=1S/C11H19N3O2S.ClH/c1-4-7(2)9(12)10(15)14-11-13-8(5-16-3)6-17-11;/h6-7,9H,4-5,12H2,1-3H3,(H,13,14,15);1H. The van der Waals surface area contributed by atoms with E-state index in [1.165, 1.54) is 11.3 Å². The van der Waals surface area contributed by atoms with Crippen molar-refractivity contribution in [2.75, 3.05) is 12.4 Å². The van der Waals surface area contributed by atoms with E-state index in [0.717, 1.165) is 12.1 Å². The van der Waals surface area contributed by atoms with Gasteiger partial charge in [-0.05, 0) is 5.92 Å². The second-order valence-electron chi connectivity index (χ2n) is 3.98. The molecule has 5 nitrogen and oxygen atoms in total. The number of amides is 1. The first kappa shape index (κ1) is 17.3. The molecular weight excluding hydrogens is 274 g/mol. The Balaban J connectivity index is 0.00000289. The minimum atomic E-state index is -0.491. The van der Waals surface area contributed by atoms with E-state index in [1.54, 1.807) is 7.11 Å². The van der Waals surface area contributed by atoms with Crippen molar-refractivity contribution < 1.29 is 9.53 Å². The molecule has 1 amide bonds. The number of anilines is 1. The number of hydrogen-bond donors (Lipinski definition) is 2. The average molecular weight is 294 g/mol. The molecule has 18 heavy (non-hydrogen) atoms. The largest absolute Gasteiger partial charge is 0.378 e. The van der Waals surface area contributed by atoms with Gasteiger partial charge in [0.1, 0.15) is 0 Å². The van der Waals surface area contributed by atoms with Gasteiger partial charge in [0.15, 0.2) is 5.13 Å². The van der Waals surface area contributed by atoms with Gasteiger partial charge in [-0.1, -0.05) is 20.3 Å². The second kappa shape index (κ2) is 8.42. The van der Waals surface area contributed by atoms with Gasteiger partial charge in [-0.2, -0.15) is 0 Å². The summed E-state index contributed by atoms with van der Waals surface area (Å²) >= 11 is 1.38. The summed E-state index contributed by atoms with van der Waals surface area (Å²) < 4.78 is 4.96. The molecule has 0 spiro atoms. The molecule has 0 aliphatic rings. The van der Waals surface area contributed by atoms with Crippen molar-refractivity contribution in [2.45, 2.75) is 32.9 Å². The maximum atomic E-state index is 11.8. The van der Waals surface area contributed by atoms with E-state index >= 15 is 0 Å². The summed E-state index contributed by atoms with van der Waals surface area (Å²) in [5.41, 5.74) is 6.63. The normalized spacial score (nSPS) is 13.6. The molecule has 2 atom stereocenters. The predicted octanol–water partition coefficient (Wildman–Crippen LogP) is 2.02. The highest BCUT2D eigenvalue weighted by Crippen LogP contribution is 2.17. The van der Waals surface area contributed by atoms with E-state index in [4.69, 9.17) is 10.5 Å². The zero-order valence-corrected chi connectivity index (χ0v) is 12.4. The average Bonchev–Trinajstić information content (AvgIpc) is 2.75. The van der Waals surface area contributed by atoms with Gasteiger partial charge in [0.25, 0.3) is 0 Å². The Labute approximate surface area is 118 Å². The summed E-state index contributed by atoms with van der Waals surface area (Å²) in [6, 6.07) is -0.491. The molecule has 1 aromatic heterocycles. The van der Waals surface area contributed by atoms with Crippen LogP contribution in [0.4, 0.5) is 5.13 Å². The van der Waals surface area contributed by atoms with Crippen LogP contribution >= 0.6 is 23.7 Å². The smallest absolute Gasteiger partial charge is 0.243 e. The first-order valence-electron chi connectivity index (χ1n) is 5.58. The summed E-state index contributed by atoms with van der Waals surface area (Å²) in [5, 5.41) is 5.15. The fraction of sp³-hybridized carbons (Fsp3) is 0.636. The van der Waals surface area contributed by atoms with Crippen molar-refractivity contribution in [3.63, 3.8) is 0 Å². The monoisotopic (exact) mass is 293 g/mol. The number of rotatable bonds is 6. The number of nitrogens with zero attached hydrogens (tertiary/aromatic N) is 1. The molecule has 0 saturated carbocycles. The predicted molar refractivity (Wildman–Crippen MR) is 76.1 cm³/mol. The van der Waals surface area contributed by atoms with Gasteiger partial charge in [0.05, 0.1) is 18.3 Å². The molecule has 0 aromatic carbocycles. The molecule has 0 aliphatic carbocycles. The molecule has 0 fully saturated rings. The number of thiazole rings is 1. The quantitative estimate of drug-likeness (QED) is 0.841. The van der Waals surface area contributed by atoms with Crippen molar-refractivity contribution in [1.82, 2.24) is 4.98 Å². The lowest BCUT2D eigenvalue weighted by atomic mass is 10.00. The van der Waals surface area contributed by atoms with Crippen molar-refractivity contribution in [3.8, 4) is 0 Å². The molecule has 0 bridgehead atoms. The van der Waals surface area contributed by atoms with Crippen LogP contribution in [0.5, 0.6) is 0 Å². The van der Waals surface area contributed by atoms with Gasteiger partial charge >= 0.3 is 0 Å². The summed E-state index contributed by atoms with van der Waals surface area (Å²) in [4.78, 5) is 16.0. The van der Waals surface area contributed by atoms with Gasteiger partial charge in [0, 0.05) is 12.5 Å². The van der Waals surface area contributed by atoms with E-state index in [-0.39, 0.29) is 24.2 Å². The number of nitrogens with one attached hydrogen (secondary N) is 1. The third-order valence-corrected chi connectivity index (χ3v) is 3.44. The van der Waals surface area contributed by atoms with Gasteiger partial charge in [0.2, 0.25) is 5.91 Å². The highest BCUT2D eigenvalue weighted by molar-refractivity contribution is 7.13. The number of ether oxygens (including phenoxy) is 1. The lowest BCUT2D eigenvalue weighted by molar-refractivity contribution is -0.118. The number of aromatic nitrogens is 1. The van der Waals surface area contributed by atoms with Gasteiger partial charge in [-0.15, -0.1) is 23.7 Å². The molecule has 0 radical (unpaired) electrons. The van der Waals surface area contributed by atoms with Crippen LogP contribution in [-0.4, -0.2) is 24.0 Å². The maximum absolute atomic E-state index is 11.8. The molecule has 1 heterocycles. The topological polar surface area (TPSA) is 77.2 Å². The fourth-order valence-electron chi connectivity index (χ4n) is 1.28. The zero-order valence-electron chi connectivity index (χ0n) is 10.8. The van der Waals surface area contributed by atoms with Crippen LogP contribution in [-0.2, 0) is 16.1 Å². The number of carbonyl (C=O) groups is 1. The molecule has 1 aromatic rings. The van der Waals surface area contributed by atoms with Crippen molar-refractivity contribution in [1.29, 1.82) is 0 Å². The van der Waals surface area contributed by atoms with Gasteiger partial charge < -0.3 is 15.8 Å². The zero-order chi connectivity index (χ0) is 12.8. The number of carbonyl (C=O) groups excluding carboxylic acids is 1. The van der Waals surface area contributed by atoms with Crippen LogP contribution in [0.15, 0.2) is 5.38 Å². The maximum Gasteiger partial charge on any atom is 0.243 e. The molecular formula is C11H20ClN3O2S. The van der Waals surface area contributed by atoms with Crippen LogP contribution in [0, 0.1) is 5.92 Å². The third kappa shape index (κ3) is 4.89. The van der Waals surface area contributed by atoms with E-state index in [2.05, 4.69) is 10.3 Å². The van der Waals surface area contributed by atoms with Gasteiger partial charge in [-0.3, -0.25) is 4.79 Å². The van der Waals surface area contributed by atoms with Crippen LogP contribution < -0.4 is 11.1 Å². The Kier molecular flexibility index (Phi) is 8.10. The molecule has 1 rings (SSSR count). The van der Waals surface area contributed by atoms with Crippen molar-refractivity contribution in [2.24, 2.45) is 11.7 Å². The van der Waals surface area contributed by atoms with Gasteiger partial charge in [-0.25, -0.2) is 4.98 Å².